The highest BCUT2D eigenvalue weighted by atomic mass is 16.3. The first-order chi connectivity index (χ1) is 16.0. The topological polar surface area (TPSA) is 82.1 Å². The molecule has 0 radical (unpaired) electrons. The van der Waals surface area contributed by atoms with E-state index in [1.54, 1.807) is 17.1 Å². The second-order valence-corrected chi connectivity index (χ2v) is 13.4. The number of rotatable bonds is 5. The monoisotopic (exact) mass is 467 g/mol. The van der Waals surface area contributed by atoms with Crippen molar-refractivity contribution in [2.45, 2.75) is 116 Å². The van der Waals surface area contributed by atoms with Crippen LogP contribution in [0.25, 0.3) is 0 Å². The van der Waals surface area contributed by atoms with Crippen LogP contribution >= 0.6 is 0 Å². The van der Waals surface area contributed by atoms with Crippen LogP contribution in [0.1, 0.15) is 104 Å². The number of fused-ring (bicyclic) bond motifs is 5. The third kappa shape index (κ3) is 3.75. The van der Waals surface area contributed by atoms with Crippen molar-refractivity contribution in [1.82, 2.24) is 9.78 Å². The minimum absolute atomic E-state index is 0.163. The number of hydrogen-bond donors (Lipinski definition) is 2. The van der Waals surface area contributed by atoms with E-state index in [9.17, 15) is 10.2 Å². The third-order valence-electron chi connectivity index (χ3n) is 11.5. The van der Waals surface area contributed by atoms with E-state index in [2.05, 4.69) is 31.9 Å². The molecule has 4 aliphatic rings. The minimum atomic E-state index is -0.836. The number of nitriles is 1. The van der Waals surface area contributed by atoms with Crippen molar-refractivity contribution in [1.29, 1.82) is 5.26 Å². The van der Waals surface area contributed by atoms with Gasteiger partial charge in [0, 0.05) is 6.20 Å². The molecule has 0 aliphatic heterocycles. The maximum atomic E-state index is 11.7. The minimum Gasteiger partial charge on any atom is -0.390 e. The third-order valence-corrected chi connectivity index (χ3v) is 11.5. The van der Waals surface area contributed by atoms with E-state index in [-0.39, 0.29) is 11.3 Å². The van der Waals surface area contributed by atoms with E-state index in [1.807, 2.05) is 6.92 Å². The smallest absolute Gasteiger partial charge is 0.102 e. The highest BCUT2D eigenvalue weighted by Crippen LogP contribution is 2.69. The van der Waals surface area contributed by atoms with Crippen LogP contribution in [0.5, 0.6) is 0 Å². The van der Waals surface area contributed by atoms with Crippen molar-refractivity contribution in [3.05, 3.63) is 18.0 Å². The van der Waals surface area contributed by atoms with Crippen molar-refractivity contribution in [3.8, 4) is 6.07 Å². The van der Waals surface area contributed by atoms with Crippen LogP contribution in [0.2, 0.25) is 0 Å². The Balaban J connectivity index is 1.34. The molecule has 1 unspecified atom stereocenters. The molecule has 0 amide bonds. The summed E-state index contributed by atoms with van der Waals surface area (Å²) in [6, 6.07) is 2.14. The number of aliphatic hydroxyl groups is 2. The van der Waals surface area contributed by atoms with E-state index in [0.29, 0.717) is 29.4 Å². The summed E-state index contributed by atoms with van der Waals surface area (Å²) in [7, 11) is 0. The Kier molecular flexibility index (Phi) is 5.97. The Hall–Kier alpha value is -1.38. The lowest BCUT2D eigenvalue weighted by atomic mass is 9.43. The molecule has 9 atom stereocenters. The standard InChI is InChI=1S/C29H45N3O2/c1-5-11-29(34)14-13-26(2)21(15-29)6-7-22-23-8-9-25(27(23,3)12-10-24(22)26)28(4,33)19-32-18-20(16-30)17-31-32/h17-18,21-25,33-34H,5-15,19H2,1-4H3/t21-,22+,23+,24+,25+,26+,27+,28?,29-/m1/s1. The summed E-state index contributed by atoms with van der Waals surface area (Å²) in [5, 5.41) is 36.4. The van der Waals surface area contributed by atoms with E-state index >= 15 is 0 Å². The lowest BCUT2D eigenvalue weighted by Gasteiger charge is -2.62. The first-order valence-corrected chi connectivity index (χ1v) is 13.9. The maximum absolute atomic E-state index is 11.7. The molecule has 1 heterocycles. The molecule has 0 spiro atoms. The first kappa shape index (κ1) is 24.3. The van der Waals surface area contributed by atoms with Gasteiger partial charge in [-0.15, -0.1) is 0 Å². The molecule has 0 bridgehead atoms. The van der Waals surface area contributed by atoms with Gasteiger partial charge in [0.05, 0.1) is 29.5 Å². The fourth-order valence-corrected chi connectivity index (χ4v) is 9.98. The predicted molar refractivity (Wildman–Crippen MR) is 133 cm³/mol. The van der Waals surface area contributed by atoms with Crippen molar-refractivity contribution in [2.24, 2.45) is 40.4 Å². The van der Waals surface area contributed by atoms with Crippen molar-refractivity contribution < 1.29 is 10.2 Å². The molecule has 5 heteroatoms. The van der Waals surface area contributed by atoms with Crippen molar-refractivity contribution in [2.75, 3.05) is 0 Å². The second kappa shape index (κ2) is 8.34. The van der Waals surface area contributed by atoms with Crippen LogP contribution in [0.4, 0.5) is 0 Å². The fraction of sp³-hybridized carbons (Fsp3) is 0.862. The molecular formula is C29H45N3O2. The zero-order chi connectivity index (χ0) is 24.4. The lowest BCUT2D eigenvalue weighted by Crippen LogP contribution is -2.57. The lowest BCUT2D eigenvalue weighted by molar-refractivity contribution is -0.163. The van der Waals surface area contributed by atoms with Gasteiger partial charge in [0.2, 0.25) is 0 Å². The number of hydrogen-bond acceptors (Lipinski definition) is 4. The van der Waals surface area contributed by atoms with Gasteiger partial charge in [0.1, 0.15) is 6.07 Å². The van der Waals surface area contributed by atoms with Gasteiger partial charge >= 0.3 is 0 Å². The Morgan fingerprint density at radius 1 is 1.12 bits per heavy atom. The Bertz CT molecular complexity index is 949. The Morgan fingerprint density at radius 2 is 1.88 bits per heavy atom. The molecule has 34 heavy (non-hydrogen) atoms. The zero-order valence-electron chi connectivity index (χ0n) is 21.8. The highest BCUT2D eigenvalue weighted by Gasteiger charge is 2.63. The van der Waals surface area contributed by atoms with Gasteiger partial charge in [-0.2, -0.15) is 10.4 Å². The molecule has 4 aliphatic carbocycles. The van der Waals surface area contributed by atoms with Gasteiger partial charge < -0.3 is 10.2 Å². The molecule has 4 saturated carbocycles. The average molecular weight is 468 g/mol. The summed E-state index contributed by atoms with van der Waals surface area (Å²) in [6.07, 6.45) is 15.9. The highest BCUT2D eigenvalue weighted by molar-refractivity contribution is 5.22. The largest absolute Gasteiger partial charge is 0.390 e. The molecule has 5 nitrogen and oxygen atoms in total. The molecule has 2 N–H and O–H groups in total. The molecular weight excluding hydrogens is 422 g/mol. The first-order valence-electron chi connectivity index (χ1n) is 13.9. The summed E-state index contributed by atoms with van der Waals surface area (Å²) in [4.78, 5) is 0. The zero-order valence-corrected chi connectivity index (χ0v) is 21.8. The van der Waals surface area contributed by atoms with Gasteiger partial charge in [0.15, 0.2) is 0 Å². The van der Waals surface area contributed by atoms with Crippen LogP contribution < -0.4 is 0 Å². The van der Waals surface area contributed by atoms with Crippen molar-refractivity contribution in [3.63, 3.8) is 0 Å². The predicted octanol–water partition coefficient (Wildman–Crippen LogP) is 5.70. The second-order valence-electron chi connectivity index (χ2n) is 13.4. The molecule has 0 aromatic carbocycles. The Morgan fingerprint density at radius 3 is 2.59 bits per heavy atom. The summed E-state index contributed by atoms with van der Waals surface area (Å²) < 4.78 is 1.76. The molecule has 188 valence electrons. The molecule has 1 aromatic rings. The van der Waals surface area contributed by atoms with Crippen LogP contribution in [-0.4, -0.2) is 31.2 Å². The number of nitrogens with zero attached hydrogens (tertiary/aromatic N) is 3. The summed E-state index contributed by atoms with van der Waals surface area (Å²) in [6.45, 7) is 9.68. The van der Waals surface area contributed by atoms with E-state index in [0.717, 1.165) is 43.9 Å². The van der Waals surface area contributed by atoms with Crippen molar-refractivity contribution >= 4 is 0 Å². The van der Waals surface area contributed by atoms with Gasteiger partial charge in [-0.3, -0.25) is 4.68 Å². The summed E-state index contributed by atoms with van der Waals surface area (Å²) in [5.41, 5.74) is -0.179. The maximum Gasteiger partial charge on any atom is 0.102 e. The van der Waals surface area contributed by atoms with Gasteiger partial charge in [-0.25, -0.2) is 0 Å². The molecule has 5 rings (SSSR count). The van der Waals surface area contributed by atoms with Gasteiger partial charge in [-0.05, 0) is 112 Å². The van der Waals surface area contributed by atoms with E-state index < -0.39 is 11.2 Å². The van der Waals surface area contributed by atoms with Crippen LogP contribution in [0, 0.1) is 51.8 Å². The Labute approximate surface area is 205 Å². The van der Waals surface area contributed by atoms with Gasteiger partial charge in [-0.1, -0.05) is 27.2 Å². The SMILES string of the molecule is CCC[C@@]1(O)CC[C@@]2(C)[C@H](CC[C@@H]3[C@@H]2CC[C@]2(C)[C@@H](C(C)(O)Cn4cc(C#N)cn4)CC[C@@H]32)C1. The molecule has 0 saturated heterocycles. The van der Waals surface area contributed by atoms with Crippen LogP contribution in [0.15, 0.2) is 12.4 Å². The summed E-state index contributed by atoms with van der Waals surface area (Å²) >= 11 is 0. The molecule has 4 fully saturated rings. The number of aromatic nitrogens is 2. The quantitative estimate of drug-likeness (QED) is 0.582. The van der Waals surface area contributed by atoms with E-state index in [4.69, 9.17) is 5.26 Å². The fourth-order valence-electron chi connectivity index (χ4n) is 9.98. The average Bonchev–Trinajstić information content (AvgIpc) is 3.38. The van der Waals surface area contributed by atoms with Crippen LogP contribution in [-0.2, 0) is 6.54 Å². The van der Waals surface area contributed by atoms with Crippen LogP contribution in [0.3, 0.4) is 0 Å². The van der Waals surface area contributed by atoms with E-state index in [1.165, 1.54) is 38.5 Å². The van der Waals surface area contributed by atoms with Gasteiger partial charge in [0.25, 0.3) is 0 Å². The molecule has 1 aromatic heterocycles. The summed E-state index contributed by atoms with van der Waals surface area (Å²) in [5.74, 6) is 3.13. The normalized spacial score (nSPS) is 45.5.